The van der Waals surface area contributed by atoms with E-state index in [0.717, 1.165) is 17.8 Å². The zero-order valence-corrected chi connectivity index (χ0v) is 15.0. The minimum absolute atomic E-state index is 0.0960. The fourth-order valence-corrected chi connectivity index (χ4v) is 2.81. The summed E-state index contributed by atoms with van der Waals surface area (Å²) in [5.74, 6) is 1.80. The minimum Gasteiger partial charge on any atom is -0.481 e. The van der Waals surface area contributed by atoms with Crippen LogP contribution in [0.2, 0.25) is 0 Å². The molecular formula is C18H23N3O4. The number of benzene rings is 1. The molecule has 1 atom stereocenters. The van der Waals surface area contributed by atoms with Crippen molar-refractivity contribution in [3.8, 4) is 17.2 Å². The number of aryl methyl sites for hydroxylation is 1. The number of ether oxygens (including phenoxy) is 3. The van der Waals surface area contributed by atoms with Crippen LogP contribution in [0.15, 0.2) is 24.4 Å². The average molecular weight is 345 g/mol. The number of likely N-dealkylation sites (N-methyl/N-ethyl adjacent to an activating group) is 1. The first-order valence-corrected chi connectivity index (χ1v) is 8.32. The van der Waals surface area contributed by atoms with E-state index in [0.29, 0.717) is 23.8 Å². The van der Waals surface area contributed by atoms with Gasteiger partial charge in [0.25, 0.3) is 5.91 Å². The predicted octanol–water partition coefficient (Wildman–Crippen LogP) is 2.37. The molecule has 1 aromatic heterocycles. The molecule has 1 aromatic carbocycles. The summed E-state index contributed by atoms with van der Waals surface area (Å²) in [5.41, 5.74) is 2.11. The second-order valence-corrected chi connectivity index (χ2v) is 6.04. The van der Waals surface area contributed by atoms with Crippen molar-refractivity contribution in [2.45, 2.75) is 40.0 Å². The molecule has 7 nitrogen and oxygen atoms in total. The highest BCUT2D eigenvalue weighted by Gasteiger charge is 2.22. The Kier molecular flexibility index (Phi) is 4.83. The molecule has 1 amide bonds. The van der Waals surface area contributed by atoms with Gasteiger partial charge in [0, 0.05) is 37.5 Å². The Balaban J connectivity index is 1.62. The van der Waals surface area contributed by atoms with Gasteiger partial charge >= 0.3 is 0 Å². The van der Waals surface area contributed by atoms with Crippen molar-refractivity contribution in [2.75, 3.05) is 13.8 Å². The smallest absolute Gasteiger partial charge is 0.263 e. The second kappa shape index (κ2) is 7.04. The quantitative estimate of drug-likeness (QED) is 0.804. The number of carbonyl (C=O) groups excluding carboxylic acids is 1. The standard InChI is InChI=1S/C18H23N3O4/c1-5-21-12(2)14(9-19-21)10-20(4)18(22)13(3)25-15-6-7-16-17(8-15)24-11-23-16/h6-9,13H,5,10-11H2,1-4H3/t13-/m0/s1. The summed E-state index contributed by atoms with van der Waals surface area (Å²) >= 11 is 0. The van der Waals surface area contributed by atoms with Crippen LogP contribution < -0.4 is 14.2 Å². The molecule has 0 N–H and O–H groups in total. The fraction of sp³-hybridized carbons (Fsp3) is 0.444. The van der Waals surface area contributed by atoms with Gasteiger partial charge in [0.1, 0.15) is 5.75 Å². The van der Waals surface area contributed by atoms with Gasteiger partial charge in [0.2, 0.25) is 6.79 Å². The van der Waals surface area contributed by atoms with Crippen LogP contribution >= 0.6 is 0 Å². The highest BCUT2D eigenvalue weighted by Crippen LogP contribution is 2.35. The Morgan fingerprint density at radius 3 is 2.88 bits per heavy atom. The summed E-state index contributed by atoms with van der Waals surface area (Å²) in [6, 6.07) is 5.29. The van der Waals surface area contributed by atoms with Gasteiger partial charge < -0.3 is 19.1 Å². The summed E-state index contributed by atoms with van der Waals surface area (Å²) in [7, 11) is 1.77. The summed E-state index contributed by atoms with van der Waals surface area (Å²) in [4.78, 5) is 14.2. The lowest BCUT2D eigenvalue weighted by Crippen LogP contribution is -2.37. The molecule has 0 fully saturated rings. The number of fused-ring (bicyclic) bond motifs is 1. The van der Waals surface area contributed by atoms with Crippen LogP contribution in [0.25, 0.3) is 0 Å². The molecule has 7 heteroatoms. The Hall–Kier alpha value is -2.70. The van der Waals surface area contributed by atoms with Crippen LogP contribution in [0, 0.1) is 6.92 Å². The molecule has 0 bridgehead atoms. The van der Waals surface area contributed by atoms with Crippen molar-refractivity contribution in [3.05, 3.63) is 35.7 Å². The van der Waals surface area contributed by atoms with Crippen LogP contribution in [0.5, 0.6) is 17.2 Å². The van der Waals surface area contributed by atoms with E-state index in [1.807, 2.05) is 24.7 Å². The van der Waals surface area contributed by atoms with E-state index in [1.54, 1.807) is 37.1 Å². The van der Waals surface area contributed by atoms with Crippen LogP contribution in [-0.2, 0) is 17.9 Å². The molecule has 0 saturated heterocycles. The van der Waals surface area contributed by atoms with Crippen molar-refractivity contribution in [3.63, 3.8) is 0 Å². The van der Waals surface area contributed by atoms with Crippen LogP contribution in [-0.4, -0.2) is 40.5 Å². The predicted molar refractivity (Wildman–Crippen MR) is 91.8 cm³/mol. The van der Waals surface area contributed by atoms with Gasteiger partial charge in [0.15, 0.2) is 17.6 Å². The minimum atomic E-state index is -0.605. The molecule has 2 heterocycles. The number of hydrogen-bond donors (Lipinski definition) is 0. The second-order valence-electron chi connectivity index (χ2n) is 6.04. The molecular weight excluding hydrogens is 322 g/mol. The van der Waals surface area contributed by atoms with Crippen molar-refractivity contribution in [1.29, 1.82) is 0 Å². The molecule has 0 spiro atoms. The lowest BCUT2D eigenvalue weighted by Gasteiger charge is -2.22. The summed E-state index contributed by atoms with van der Waals surface area (Å²) in [6.45, 7) is 7.32. The Morgan fingerprint density at radius 1 is 1.40 bits per heavy atom. The number of nitrogens with zero attached hydrogens (tertiary/aromatic N) is 3. The highest BCUT2D eigenvalue weighted by atomic mass is 16.7. The molecule has 25 heavy (non-hydrogen) atoms. The molecule has 2 aromatic rings. The first kappa shape index (κ1) is 17.1. The van der Waals surface area contributed by atoms with Crippen molar-refractivity contribution in [1.82, 2.24) is 14.7 Å². The van der Waals surface area contributed by atoms with E-state index in [9.17, 15) is 4.79 Å². The SMILES string of the molecule is CCn1ncc(CN(C)C(=O)[C@H](C)Oc2ccc3c(c2)OCO3)c1C. The zero-order valence-electron chi connectivity index (χ0n) is 15.0. The maximum atomic E-state index is 12.6. The zero-order chi connectivity index (χ0) is 18.0. The molecule has 0 unspecified atom stereocenters. The third-order valence-corrected chi connectivity index (χ3v) is 4.29. The summed E-state index contributed by atoms with van der Waals surface area (Å²) < 4.78 is 18.3. The van der Waals surface area contributed by atoms with Gasteiger partial charge in [-0.2, -0.15) is 5.10 Å². The average Bonchev–Trinajstić information content (AvgIpc) is 3.20. The first-order valence-electron chi connectivity index (χ1n) is 8.32. The molecule has 0 aliphatic carbocycles. The fourth-order valence-electron chi connectivity index (χ4n) is 2.81. The lowest BCUT2D eigenvalue weighted by molar-refractivity contribution is -0.137. The van der Waals surface area contributed by atoms with Crippen LogP contribution in [0.3, 0.4) is 0 Å². The molecule has 134 valence electrons. The van der Waals surface area contributed by atoms with Crippen LogP contribution in [0.1, 0.15) is 25.1 Å². The molecule has 3 rings (SSSR count). The van der Waals surface area contributed by atoms with Crippen molar-refractivity contribution >= 4 is 5.91 Å². The summed E-state index contributed by atoms with van der Waals surface area (Å²) in [6.07, 6.45) is 1.21. The Morgan fingerprint density at radius 2 is 2.16 bits per heavy atom. The van der Waals surface area contributed by atoms with Crippen LogP contribution in [0.4, 0.5) is 0 Å². The van der Waals surface area contributed by atoms with E-state index >= 15 is 0 Å². The third kappa shape index (κ3) is 3.55. The third-order valence-electron chi connectivity index (χ3n) is 4.29. The van der Waals surface area contributed by atoms with Gasteiger partial charge in [0.05, 0.1) is 6.20 Å². The highest BCUT2D eigenvalue weighted by molar-refractivity contribution is 5.80. The molecule has 0 saturated carbocycles. The maximum Gasteiger partial charge on any atom is 0.263 e. The number of hydrogen-bond acceptors (Lipinski definition) is 5. The Bertz CT molecular complexity index is 772. The van der Waals surface area contributed by atoms with Gasteiger partial charge in [-0.1, -0.05) is 0 Å². The van der Waals surface area contributed by atoms with E-state index < -0.39 is 6.10 Å². The van der Waals surface area contributed by atoms with Crippen molar-refractivity contribution < 1.29 is 19.0 Å². The normalized spacial score (nSPS) is 13.6. The summed E-state index contributed by atoms with van der Waals surface area (Å²) in [5, 5.41) is 4.31. The van der Waals surface area contributed by atoms with E-state index in [1.165, 1.54) is 0 Å². The van der Waals surface area contributed by atoms with E-state index in [-0.39, 0.29) is 12.7 Å². The molecule has 0 radical (unpaired) electrons. The van der Waals surface area contributed by atoms with Gasteiger partial charge in [-0.05, 0) is 32.9 Å². The number of rotatable bonds is 6. The van der Waals surface area contributed by atoms with Gasteiger partial charge in [-0.3, -0.25) is 9.48 Å². The Labute approximate surface area is 147 Å². The largest absolute Gasteiger partial charge is 0.481 e. The lowest BCUT2D eigenvalue weighted by atomic mass is 10.2. The van der Waals surface area contributed by atoms with Crippen molar-refractivity contribution in [2.24, 2.45) is 0 Å². The number of carbonyl (C=O) groups is 1. The van der Waals surface area contributed by atoms with E-state index in [4.69, 9.17) is 14.2 Å². The molecule has 1 aliphatic heterocycles. The maximum absolute atomic E-state index is 12.6. The monoisotopic (exact) mass is 345 g/mol. The number of aromatic nitrogens is 2. The number of amides is 1. The first-order chi connectivity index (χ1) is 12.0. The van der Waals surface area contributed by atoms with E-state index in [2.05, 4.69) is 5.10 Å². The topological polar surface area (TPSA) is 65.8 Å². The molecule has 1 aliphatic rings. The van der Waals surface area contributed by atoms with Gasteiger partial charge in [-0.15, -0.1) is 0 Å². The van der Waals surface area contributed by atoms with Gasteiger partial charge in [-0.25, -0.2) is 0 Å².